The Balaban J connectivity index is 1.97. The van der Waals surface area contributed by atoms with Crippen molar-refractivity contribution in [2.45, 2.75) is 24.8 Å². The first-order valence-corrected chi connectivity index (χ1v) is 7.48. The van der Waals surface area contributed by atoms with Gasteiger partial charge < -0.3 is 10.6 Å². The van der Waals surface area contributed by atoms with Crippen molar-refractivity contribution in [2.75, 3.05) is 18.5 Å². The van der Waals surface area contributed by atoms with E-state index in [0.29, 0.717) is 18.2 Å². The predicted octanol–water partition coefficient (Wildman–Crippen LogP) is 3.84. The van der Waals surface area contributed by atoms with Crippen LogP contribution in [0.2, 0.25) is 0 Å². The number of para-hydroxylation sites is 1. The maximum absolute atomic E-state index is 14.0. The first-order chi connectivity index (χ1) is 10.2. The van der Waals surface area contributed by atoms with Crippen LogP contribution >= 0.6 is 0 Å². The largest absolute Gasteiger partial charge is 0.364 e. The Morgan fingerprint density at radius 1 is 1.14 bits per heavy atom. The standard InChI is InChI=1S/C18H21FN2/c1-21(17-9-5-4-8-16(17)19)18(12-20)15-7-3-2-6-14(15)13-10-11-13/h2-9,13,18H,10-12,20H2,1H3. The second-order valence-corrected chi connectivity index (χ2v) is 5.72. The lowest BCUT2D eigenvalue weighted by Crippen LogP contribution is -2.31. The van der Waals surface area contributed by atoms with Crippen LogP contribution in [0.1, 0.15) is 35.9 Å². The van der Waals surface area contributed by atoms with E-state index in [1.54, 1.807) is 12.1 Å². The summed E-state index contributed by atoms with van der Waals surface area (Å²) in [5, 5.41) is 0. The highest BCUT2D eigenvalue weighted by Gasteiger charge is 2.29. The number of nitrogens with two attached hydrogens (primary N) is 1. The van der Waals surface area contributed by atoms with Crippen molar-refractivity contribution in [3.63, 3.8) is 0 Å². The second-order valence-electron chi connectivity index (χ2n) is 5.72. The molecule has 0 aromatic heterocycles. The SMILES string of the molecule is CN(c1ccccc1F)C(CN)c1ccccc1C1CC1. The minimum Gasteiger partial charge on any atom is -0.364 e. The number of halogens is 1. The summed E-state index contributed by atoms with van der Waals surface area (Å²) < 4.78 is 14.0. The summed E-state index contributed by atoms with van der Waals surface area (Å²) in [6.07, 6.45) is 2.50. The van der Waals surface area contributed by atoms with E-state index < -0.39 is 0 Å². The van der Waals surface area contributed by atoms with Gasteiger partial charge in [0.25, 0.3) is 0 Å². The molecule has 1 atom stereocenters. The van der Waals surface area contributed by atoms with E-state index in [1.807, 2.05) is 24.1 Å². The minimum absolute atomic E-state index is 0.00120. The van der Waals surface area contributed by atoms with E-state index >= 15 is 0 Å². The van der Waals surface area contributed by atoms with E-state index in [2.05, 4.69) is 18.2 Å². The van der Waals surface area contributed by atoms with Gasteiger partial charge in [-0.2, -0.15) is 0 Å². The Bertz CT molecular complexity index is 622. The first kappa shape index (κ1) is 14.1. The Labute approximate surface area is 125 Å². The van der Waals surface area contributed by atoms with Crippen LogP contribution in [0.15, 0.2) is 48.5 Å². The van der Waals surface area contributed by atoms with Gasteiger partial charge in [0.2, 0.25) is 0 Å². The lowest BCUT2D eigenvalue weighted by atomic mass is 9.96. The fraction of sp³-hybridized carbons (Fsp3) is 0.333. The van der Waals surface area contributed by atoms with Crippen molar-refractivity contribution in [3.05, 3.63) is 65.5 Å². The Kier molecular flexibility index (Phi) is 3.93. The third kappa shape index (κ3) is 2.79. The molecule has 2 N–H and O–H groups in total. The van der Waals surface area contributed by atoms with Gasteiger partial charge in [0, 0.05) is 13.6 Å². The first-order valence-electron chi connectivity index (χ1n) is 7.48. The highest BCUT2D eigenvalue weighted by atomic mass is 19.1. The molecule has 110 valence electrons. The molecule has 2 nitrogen and oxygen atoms in total. The fourth-order valence-electron chi connectivity index (χ4n) is 2.98. The quantitative estimate of drug-likeness (QED) is 0.904. The second kappa shape index (κ2) is 5.86. The van der Waals surface area contributed by atoms with Crippen molar-refractivity contribution >= 4 is 5.69 Å². The van der Waals surface area contributed by atoms with Gasteiger partial charge in [-0.15, -0.1) is 0 Å². The number of likely N-dealkylation sites (N-methyl/N-ethyl adjacent to an activating group) is 1. The van der Waals surface area contributed by atoms with Gasteiger partial charge >= 0.3 is 0 Å². The molecule has 0 amide bonds. The minimum atomic E-state index is -0.206. The van der Waals surface area contributed by atoms with Crippen molar-refractivity contribution in [2.24, 2.45) is 5.73 Å². The van der Waals surface area contributed by atoms with Crippen molar-refractivity contribution in [1.29, 1.82) is 0 Å². The van der Waals surface area contributed by atoms with Crippen LogP contribution in [-0.4, -0.2) is 13.6 Å². The molecule has 2 aromatic carbocycles. The summed E-state index contributed by atoms with van der Waals surface area (Å²) in [5.41, 5.74) is 9.22. The molecule has 3 heteroatoms. The van der Waals surface area contributed by atoms with Gasteiger partial charge in [0.1, 0.15) is 5.82 Å². The van der Waals surface area contributed by atoms with Crippen molar-refractivity contribution in [1.82, 2.24) is 0 Å². The van der Waals surface area contributed by atoms with E-state index in [0.717, 1.165) is 0 Å². The predicted molar refractivity (Wildman–Crippen MR) is 85.0 cm³/mol. The van der Waals surface area contributed by atoms with Gasteiger partial charge in [-0.1, -0.05) is 36.4 Å². The number of hydrogen-bond donors (Lipinski definition) is 1. The summed E-state index contributed by atoms with van der Waals surface area (Å²) >= 11 is 0. The Morgan fingerprint density at radius 3 is 2.48 bits per heavy atom. The molecule has 0 heterocycles. The molecule has 21 heavy (non-hydrogen) atoms. The zero-order valence-electron chi connectivity index (χ0n) is 12.3. The maximum atomic E-state index is 14.0. The van der Waals surface area contributed by atoms with Crippen LogP contribution in [0.4, 0.5) is 10.1 Å². The molecule has 3 rings (SSSR count). The van der Waals surface area contributed by atoms with Crippen LogP contribution in [0, 0.1) is 5.82 Å². The highest BCUT2D eigenvalue weighted by molar-refractivity contribution is 5.51. The molecule has 2 aromatic rings. The monoisotopic (exact) mass is 284 g/mol. The fourth-order valence-corrected chi connectivity index (χ4v) is 2.98. The maximum Gasteiger partial charge on any atom is 0.146 e. The lowest BCUT2D eigenvalue weighted by Gasteiger charge is -2.31. The van der Waals surface area contributed by atoms with Crippen LogP contribution in [0.25, 0.3) is 0 Å². The third-order valence-electron chi connectivity index (χ3n) is 4.30. The summed E-state index contributed by atoms with van der Waals surface area (Å²) in [4.78, 5) is 1.95. The van der Waals surface area contributed by atoms with Gasteiger partial charge in [-0.25, -0.2) is 4.39 Å². The molecule has 0 aliphatic heterocycles. The third-order valence-corrected chi connectivity index (χ3v) is 4.30. The van der Waals surface area contributed by atoms with Gasteiger partial charge in [-0.3, -0.25) is 0 Å². The number of anilines is 1. The summed E-state index contributed by atoms with van der Waals surface area (Å²) in [7, 11) is 1.92. The summed E-state index contributed by atoms with van der Waals surface area (Å²) in [6.45, 7) is 0.467. The normalized spacial score (nSPS) is 15.8. The van der Waals surface area contributed by atoms with E-state index in [-0.39, 0.29) is 11.9 Å². The molecule has 1 aliphatic carbocycles. The molecule has 0 saturated heterocycles. The van der Waals surface area contributed by atoms with Crippen molar-refractivity contribution in [3.8, 4) is 0 Å². The molecule has 1 saturated carbocycles. The van der Waals surface area contributed by atoms with E-state index in [4.69, 9.17) is 5.73 Å². The molecular weight excluding hydrogens is 263 g/mol. The van der Waals surface area contributed by atoms with Gasteiger partial charge in [-0.05, 0) is 42.0 Å². The molecular formula is C18H21FN2. The molecule has 0 spiro atoms. The Hall–Kier alpha value is -1.87. The van der Waals surface area contributed by atoms with E-state index in [1.165, 1.54) is 30.0 Å². The topological polar surface area (TPSA) is 29.3 Å². The zero-order chi connectivity index (χ0) is 14.8. The zero-order valence-corrected chi connectivity index (χ0v) is 12.3. The Morgan fingerprint density at radius 2 is 1.81 bits per heavy atom. The average Bonchev–Trinajstić information content (AvgIpc) is 3.33. The lowest BCUT2D eigenvalue weighted by molar-refractivity contribution is 0.601. The van der Waals surface area contributed by atoms with E-state index in [9.17, 15) is 4.39 Å². The number of benzene rings is 2. The number of rotatable bonds is 5. The smallest absolute Gasteiger partial charge is 0.146 e. The molecule has 1 aliphatic rings. The number of nitrogens with zero attached hydrogens (tertiary/aromatic N) is 1. The molecule has 0 bridgehead atoms. The van der Waals surface area contributed by atoms with Crippen LogP contribution in [0.3, 0.4) is 0 Å². The molecule has 1 fully saturated rings. The number of hydrogen-bond acceptors (Lipinski definition) is 2. The van der Waals surface area contributed by atoms with Crippen LogP contribution in [0.5, 0.6) is 0 Å². The van der Waals surface area contributed by atoms with Gasteiger partial charge in [0.05, 0.1) is 11.7 Å². The van der Waals surface area contributed by atoms with Crippen LogP contribution < -0.4 is 10.6 Å². The highest BCUT2D eigenvalue weighted by Crippen LogP contribution is 2.43. The van der Waals surface area contributed by atoms with Crippen molar-refractivity contribution < 1.29 is 4.39 Å². The average molecular weight is 284 g/mol. The summed E-state index contributed by atoms with van der Waals surface area (Å²) in [6, 6.07) is 15.3. The molecule has 0 radical (unpaired) electrons. The van der Waals surface area contributed by atoms with Gasteiger partial charge in [0.15, 0.2) is 0 Å². The molecule has 1 unspecified atom stereocenters. The summed E-state index contributed by atoms with van der Waals surface area (Å²) in [5.74, 6) is 0.451. The van der Waals surface area contributed by atoms with Crippen LogP contribution in [-0.2, 0) is 0 Å².